The van der Waals surface area contributed by atoms with Gasteiger partial charge in [0.05, 0.1) is 12.8 Å². The highest BCUT2D eigenvalue weighted by atomic mass is 127. The summed E-state index contributed by atoms with van der Waals surface area (Å²) in [6.45, 7) is 3.19. The molecule has 2 rings (SSSR count). The van der Waals surface area contributed by atoms with Gasteiger partial charge < -0.3 is 33.9 Å². The van der Waals surface area contributed by atoms with E-state index in [2.05, 4.69) is 41.2 Å². The molecule has 5 heteroatoms. The van der Waals surface area contributed by atoms with Crippen molar-refractivity contribution in [3.8, 4) is 5.75 Å². The maximum absolute atomic E-state index is 9.27. The molecule has 0 saturated carbocycles. The number of oxime groups is 1. The fourth-order valence-corrected chi connectivity index (χ4v) is 2.42. The van der Waals surface area contributed by atoms with Gasteiger partial charge in [0.15, 0.2) is 12.4 Å². The quantitative estimate of drug-likeness (QED) is 0.226. The summed E-state index contributed by atoms with van der Waals surface area (Å²) in [7, 11) is 1.64. The summed E-state index contributed by atoms with van der Waals surface area (Å²) in [6.07, 6.45) is 6.89. The van der Waals surface area contributed by atoms with Gasteiger partial charge in [-0.2, -0.15) is 0 Å². The predicted molar refractivity (Wildman–Crippen MR) is 86.6 cm³/mol. The van der Waals surface area contributed by atoms with E-state index in [1.807, 2.05) is 24.3 Å². The lowest BCUT2D eigenvalue weighted by Crippen LogP contribution is -3.00. The number of pyridine rings is 1. The average Bonchev–Trinajstić information content (AvgIpc) is 2.57. The molecule has 1 heterocycles. The van der Waals surface area contributed by atoms with Crippen LogP contribution in [0, 0.1) is 0 Å². The van der Waals surface area contributed by atoms with Crippen LogP contribution in [0.2, 0.25) is 0 Å². The van der Waals surface area contributed by atoms with Crippen LogP contribution in [0.1, 0.15) is 30.9 Å². The number of methoxy groups -OCH3 is 1. The molecule has 124 valence electrons. The first kappa shape index (κ1) is 19.4. The summed E-state index contributed by atoms with van der Waals surface area (Å²) in [6, 6.07) is 11.7. The molecule has 0 saturated heterocycles. The van der Waals surface area contributed by atoms with Crippen LogP contribution in [0.5, 0.6) is 5.75 Å². The van der Waals surface area contributed by atoms with Crippen LogP contribution < -0.4 is 33.3 Å². The van der Waals surface area contributed by atoms with Crippen LogP contribution in [-0.4, -0.2) is 18.0 Å². The molecule has 0 bridgehead atoms. The van der Waals surface area contributed by atoms with E-state index < -0.39 is 0 Å². The fraction of sp³-hybridized carbons (Fsp3) is 0.333. The van der Waals surface area contributed by atoms with E-state index in [4.69, 9.17) is 4.74 Å². The average molecular weight is 426 g/mol. The molecule has 1 N–H and O–H groups in total. The standard InChI is InChI=1S/C18H22N2O2.HI/c1-3-12-20-13-4-5-15(14-20)6-11-18(19-21)16-7-9-17(22-2)10-8-16;/h4-5,7-10,13-14H,3,6,11-12H2,1-2H3;1H. The SMILES string of the molecule is CCC[n+]1cccc(CCC(=NO)c2ccc(OC)cc2)c1.[I-]. The Morgan fingerprint density at radius 1 is 1.22 bits per heavy atom. The number of aromatic nitrogens is 1. The van der Waals surface area contributed by atoms with Crippen LogP contribution in [0.25, 0.3) is 0 Å². The van der Waals surface area contributed by atoms with E-state index in [0.717, 1.165) is 30.7 Å². The third-order valence-electron chi connectivity index (χ3n) is 3.60. The van der Waals surface area contributed by atoms with Gasteiger partial charge in [-0.3, -0.25) is 0 Å². The minimum Gasteiger partial charge on any atom is -1.00 e. The summed E-state index contributed by atoms with van der Waals surface area (Å²) in [5.74, 6) is 0.796. The normalized spacial score (nSPS) is 11.0. The molecule has 1 aromatic heterocycles. The Bertz CT molecular complexity index is 627. The first-order chi connectivity index (χ1) is 10.8. The zero-order chi connectivity index (χ0) is 15.8. The number of nitrogens with zero attached hydrogens (tertiary/aromatic N) is 2. The molecule has 0 fully saturated rings. The lowest BCUT2D eigenvalue weighted by Gasteiger charge is -2.06. The number of hydrogen-bond donors (Lipinski definition) is 1. The van der Waals surface area contributed by atoms with Crippen molar-refractivity contribution in [3.63, 3.8) is 0 Å². The molecule has 0 aliphatic rings. The largest absolute Gasteiger partial charge is 1.00 e. The predicted octanol–water partition coefficient (Wildman–Crippen LogP) is 0.208. The Kier molecular flexibility index (Phi) is 8.61. The molecular formula is C18H23IN2O2. The van der Waals surface area contributed by atoms with E-state index in [9.17, 15) is 5.21 Å². The van der Waals surface area contributed by atoms with Crippen molar-refractivity contribution in [1.29, 1.82) is 0 Å². The summed E-state index contributed by atoms with van der Waals surface area (Å²) in [5, 5.41) is 12.7. The number of ether oxygens (including phenoxy) is 1. The molecule has 0 aliphatic heterocycles. The second-order valence-electron chi connectivity index (χ2n) is 5.23. The second kappa shape index (κ2) is 10.2. The lowest BCUT2D eigenvalue weighted by molar-refractivity contribution is -0.697. The third kappa shape index (κ3) is 5.82. The van der Waals surface area contributed by atoms with Crippen molar-refractivity contribution in [2.24, 2.45) is 5.16 Å². The van der Waals surface area contributed by atoms with Gasteiger partial charge >= 0.3 is 0 Å². The first-order valence-corrected chi connectivity index (χ1v) is 7.60. The van der Waals surface area contributed by atoms with Crippen LogP contribution in [-0.2, 0) is 13.0 Å². The minimum atomic E-state index is 0. The number of benzene rings is 1. The number of aryl methyl sites for hydroxylation is 2. The van der Waals surface area contributed by atoms with Gasteiger partial charge in [0.2, 0.25) is 0 Å². The van der Waals surface area contributed by atoms with Gasteiger partial charge in [-0.1, -0.05) is 12.1 Å². The monoisotopic (exact) mass is 426 g/mol. The number of hydrogen-bond acceptors (Lipinski definition) is 3. The number of halogens is 1. The molecule has 0 aliphatic carbocycles. The van der Waals surface area contributed by atoms with Gasteiger partial charge in [-0.15, -0.1) is 0 Å². The number of rotatable bonds is 7. The summed E-state index contributed by atoms with van der Waals surface area (Å²) in [4.78, 5) is 0. The van der Waals surface area contributed by atoms with E-state index >= 15 is 0 Å². The van der Waals surface area contributed by atoms with Gasteiger partial charge in [0.1, 0.15) is 12.3 Å². The van der Waals surface area contributed by atoms with E-state index in [-0.39, 0.29) is 24.0 Å². The van der Waals surface area contributed by atoms with E-state index in [1.165, 1.54) is 5.56 Å². The molecule has 1 aromatic carbocycles. The lowest BCUT2D eigenvalue weighted by atomic mass is 10.0. The summed E-state index contributed by atoms with van der Waals surface area (Å²) >= 11 is 0. The zero-order valence-corrected chi connectivity index (χ0v) is 15.7. The van der Waals surface area contributed by atoms with Crippen LogP contribution >= 0.6 is 0 Å². The molecule has 2 aromatic rings. The maximum atomic E-state index is 9.27. The molecule has 0 radical (unpaired) electrons. The Morgan fingerprint density at radius 2 is 1.96 bits per heavy atom. The Balaban J connectivity index is 0.00000264. The van der Waals surface area contributed by atoms with Crippen LogP contribution in [0.15, 0.2) is 53.9 Å². The maximum Gasteiger partial charge on any atom is 0.171 e. The Morgan fingerprint density at radius 3 is 2.57 bits per heavy atom. The second-order valence-corrected chi connectivity index (χ2v) is 5.23. The first-order valence-electron chi connectivity index (χ1n) is 7.60. The molecule has 0 unspecified atom stereocenters. The van der Waals surface area contributed by atoms with Crippen molar-refractivity contribution >= 4 is 5.71 Å². The van der Waals surface area contributed by atoms with Crippen molar-refractivity contribution in [3.05, 3.63) is 59.9 Å². The highest BCUT2D eigenvalue weighted by Crippen LogP contribution is 2.14. The Labute approximate surface area is 154 Å². The molecule has 4 nitrogen and oxygen atoms in total. The van der Waals surface area contributed by atoms with Gasteiger partial charge in [-0.25, -0.2) is 4.57 Å². The van der Waals surface area contributed by atoms with Gasteiger partial charge in [0.25, 0.3) is 0 Å². The molecule has 0 atom stereocenters. The smallest absolute Gasteiger partial charge is 0.171 e. The van der Waals surface area contributed by atoms with E-state index in [1.54, 1.807) is 7.11 Å². The molecule has 0 amide bonds. The van der Waals surface area contributed by atoms with Gasteiger partial charge in [-0.05, 0) is 48.7 Å². The highest BCUT2D eigenvalue weighted by Gasteiger charge is 2.08. The van der Waals surface area contributed by atoms with Crippen LogP contribution in [0.4, 0.5) is 0 Å². The van der Waals surface area contributed by atoms with E-state index in [0.29, 0.717) is 12.1 Å². The molecule has 0 spiro atoms. The molecular weight excluding hydrogens is 403 g/mol. The minimum absolute atomic E-state index is 0. The van der Waals surface area contributed by atoms with Crippen molar-refractivity contribution in [1.82, 2.24) is 0 Å². The Hall–Kier alpha value is -1.63. The summed E-state index contributed by atoms with van der Waals surface area (Å²) < 4.78 is 7.34. The van der Waals surface area contributed by atoms with Crippen molar-refractivity contribution in [2.75, 3.05) is 7.11 Å². The van der Waals surface area contributed by atoms with Gasteiger partial charge in [0, 0.05) is 18.1 Å². The fourth-order valence-electron chi connectivity index (χ4n) is 2.42. The molecule has 23 heavy (non-hydrogen) atoms. The third-order valence-corrected chi connectivity index (χ3v) is 3.60. The zero-order valence-electron chi connectivity index (χ0n) is 13.6. The van der Waals surface area contributed by atoms with Crippen molar-refractivity contribution in [2.45, 2.75) is 32.7 Å². The van der Waals surface area contributed by atoms with Crippen molar-refractivity contribution < 1.29 is 38.5 Å². The topological polar surface area (TPSA) is 45.7 Å². The summed E-state index contributed by atoms with van der Waals surface area (Å²) in [5.41, 5.74) is 2.85. The highest BCUT2D eigenvalue weighted by molar-refractivity contribution is 6.00. The van der Waals surface area contributed by atoms with Crippen LogP contribution in [0.3, 0.4) is 0 Å².